The summed E-state index contributed by atoms with van der Waals surface area (Å²) in [4.78, 5) is 17.4. The lowest BCUT2D eigenvalue weighted by Crippen LogP contribution is -2.15. The van der Waals surface area contributed by atoms with E-state index in [1.54, 1.807) is 4.68 Å². The Morgan fingerprint density at radius 1 is 1.00 bits per heavy atom. The minimum absolute atomic E-state index is 0.181. The van der Waals surface area contributed by atoms with Gasteiger partial charge >= 0.3 is 0 Å². The molecule has 0 fully saturated rings. The van der Waals surface area contributed by atoms with Gasteiger partial charge in [-0.3, -0.25) is 14.8 Å². The maximum Gasteiger partial charge on any atom is 0.257 e. The first-order valence-electron chi connectivity index (χ1n) is 10.3. The van der Waals surface area contributed by atoms with Crippen LogP contribution in [0.5, 0.6) is 0 Å². The van der Waals surface area contributed by atoms with Gasteiger partial charge in [0, 0.05) is 37.8 Å². The fourth-order valence-corrected chi connectivity index (χ4v) is 3.78. The van der Waals surface area contributed by atoms with Crippen LogP contribution in [-0.2, 0) is 20.5 Å². The normalized spacial score (nSPS) is 11.0. The molecular weight excluding hydrogens is 386 g/mol. The molecule has 6 nitrogen and oxygen atoms in total. The van der Waals surface area contributed by atoms with Gasteiger partial charge in [-0.2, -0.15) is 5.10 Å². The molecule has 0 unspecified atom stereocenters. The third-order valence-electron chi connectivity index (χ3n) is 5.67. The van der Waals surface area contributed by atoms with Crippen molar-refractivity contribution in [2.75, 3.05) is 5.32 Å². The van der Waals surface area contributed by atoms with E-state index in [2.05, 4.69) is 48.3 Å². The Bertz CT molecular complexity index is 1260. The number of carbonyl (C=O) groups is 1. The molecule has 0 aliphatic heterocycles. The van der Waals surface area contributed by atoms with Crippen LogP contribution in [0.2, 0.25) is 0 Å². The Balaban J connectivity index is 1.55. The minimum Gasteiger partial charge on any atom is -0.313 e. The first kappa shape index (κ1) is 20.6. The van der Waals surface area contributed by atoms with E-state index >= 15 is 0 Å². The average Bonchev–Trinajstić information content (AvgIpc) is 3.30. The van der Waals surface area contributed by atoms with Crippen molar-refractivity contribution in [3.63, 3.8) is 0 Å². The second-order valence-corrected chi connectivity index (χ2v) is 8.09. The molecule has 0 bridgehead atoms. The van der Waals surface area contributed by atoms with E-state index in [-0.39, 0.29) is 5.91 Å². The number of hydrogen-bond acceptors (Lipinski definition) is 3. The fraction of sp³-hybridized carbons (Fsp3) is 0.240. The molecule has 6 heteroatoms. The van der Waals surface area contributed by atoms with Crippen molar-refractivity contribution in [2.45, 2.75) is 27.2 Å². The summed E-state index contributed by atoms with van der Waals surface area (Å²) < 4.78 is 3.70. The van der Waals surface area contributed by atoms with E-state index < -0.39 is 0 Å². The minimum atomic E-state index is -0.181. The first-order chi connectivity index (χ1) is 14.8. The molecule has 0 saturated heterocycles. The summed E-state index contributed by atoms with van der Waals surface area (Å²) in [5, 5.41) is 7.36. The molecule has 0 saturated carbocycles. The fourth-order valence-electron chi connectivity index (χ4n) is 3.78. The molecule has 2 aromatic carbocycles. The van der Waals surface area contributed by atoms with Crippen molar-refractivity contribution < 1.29 is 4.79 Å². The van der Waals surface area contributed by atoms with Crippen LogP contribution in [-0.4, -0.2) is 25.2 Å². The molecule has 2 heterocycles. The molecule has 0 atom stereocenters. The van der Waals surface area contributed by atoms with Gasteiger partial charge in [0.1, 0.15) is 0 Å². The van der Waals surface area contributed by atoms with Crippen molar-refractivity contribution in [2.24, 2.45) is 14.1 Å². The topological polar surface area (TPSA) is 64.7 Å². The maximum atomic E-state index is 12.9. The van der Waals surface area contributed by atoms with Crippen LogP contribution in [0.25, 0.3) is 11.3 Å². The number of benzene rings is 2. The Morgan fingerprint density at radius 3 is 2.52 bits per heavy atom. The van der Waals surface area contributed by atoms with Gasteiger partial charge in [0.25, 0.3) is 5.91 Å². The molecule has 1 N–H and O–H groups in total. The van der Waals surface area contributed by atoms with Gasteiger partial charge in [0.05, 0.1) is 17.6 Å². The number of anilines is 1. The van der Waals surface area contributed by atoms with E-state index in [0.29, 0.717) is 17.9 Å². The molecule has 31 heavy (non-hydrogen) atoms. The van der Waals surface area contributed by atoms with Gasteiger partial charge in [-0.15, -0.1) is 0 Å². The third-order valence-corrected chi connectivity index (χ3v) is 5.67. The zero-order valence-electron chi connectivity index (χ0n) is 18.6. The van der Waals surface area contributed by atoms with Crippen LogP contribution in [0, 0.1) is 20.8 Å². The molecule has 158 valence electrons. The largest absolute Gasteiger partial charge is 0.313 e. The average molecular weight is 414 g/mol. The van der Waals surface area contributed by atoms with Crippen LogP contribution in [0.4, 0.5) is 5.95 Å². The third kappa shape index (κ3) is 4.28. The summed E-state index contributed by atoms with van der Waals surface area (Å²) in [6, 6.07) is 14.0. The zero-order valence-corrected chi connectivity index (χ0v) is 18.6. The lowest BCUT2D eigenvalue weighted by molar-refractivity contribution is 0.102. The number of imidazole rings is 1. The lowest BCUT2D eigenvalue weighted by atomic mass is 9.99. The molecule has 4 rings (SSSR count). The Hall–Kier alpha value is -3.67. The first-order valence-corrected chi connectivity index (χ1v) is 10.3. The summed E-state index contributed by atoms with van der Waals surface area (Å²) in [5.41, 5.74) is 8.39. The number of hydrogen-bond donors (Lipinski definition) is 1. The second kappa shape index (κ2) is 8.22. The van der Waals surface area contributed by atoms with Crippen molar-refractivity contribution in [3.8, 4) is 11.3 Å². The predicted molar refractivity (Wildman–Crippen MR) is 123 cm³/mol. The molecule has 4 aromatic rings. The summed E-state index contributed by atoms with van der Waals surface area (Å²) in [6.45, 7) is 6.32. The second-order valence-electron chi connectivity index (χ2n) is 8.09. The summed E-state index contributed by atoms with van der Waals surface area (Å²) in [7, 11) is 3.82. The highest BCUT2D eigenvalue weighted by Crippen LogP contribution is 2.28. The monoisotopic (exact) mass is 413 g/mol. The van der Waals surface area contributed by atoms with Crippen molar-refractivity contribution in [3.05, 3.63) is 88.4 Å². The van der Waals surface area contributed by atoms with Gasteiger partial charge < -0.3 is 4.57 Å². The van der Waals surface area contributed by atoms with Crippen LogP contribution < -0.4 is 5.32 Å². The number of nitrogens with zero attached hydrogens (tertiary/aromatic N) is 4. The Kier molecular flexibility index (Phi) is 5.46. The zero-order chi connectivity index (χ0) is 22.1. The summed E-state index contributed by atoms with van der Waals surface area (Å²) in [6.07, 6.45) is 4.41. The number of carbonyl (C=O) groups excluding carboxylic acids is 1. The van der Waals surface area contributed by atoms with E-state index in [0.717, 1.165) is 22.5 Å². The Morgan fingerprint density at radius 2 is 1.77 bits per heavy atom. The van der Waals surface area contributed by atoms with Crippen LogP contribution in [0.1, 0.15) is 38.3 Å². The number of aromatic nitrogens is 4. The SMILES string of the molecule is Cc1cc(C)c(-c2cnc(NC(=O)c3cccc(Cc4ccn(C)n4)c3)n2C)cc1C. The van der Waals surface area contributed by atoms with Crippen LogP contribution >= 0.6 is 0 Å². The van der Waals surface area contributed by atoms with Crippen LogP contribution in [0.3, 0.4) is 0 Å². The van der Waals surface area contributed by atoms with Gasteiger partial charge in [0.15, 0.2) is 0 Å². The smallest absolute Gasteiger partial charge is 0.257 e. The number of aryl methyl sites for hydroxylation is 4. The molecule has 1 amide bonds. The van der Waals surface area contributed by atoms with Gasteiger partial charge in [0.2, 0.25) is 5.95 Å². The number of rotatable bonds is 5. The quantitative estimate of drug-likeness (QED) is 0.520. The molecule has 2 aromatic heterocycles. The number of nitrogens with one attached hydrogen (secondary N) is 1. The highest BCUT2D eigenvalue weighted by Gasteiger charge is 2.15. The van der Waals surface area contributed by atoms with Gasteiger partial charge in [-0.25, -0.2) is 4.98 Å². The lowest BCUT2D eigenvalue weighted by Gasteiger charge is -2.12. The molecule has 0 aliphatic carbocycles. The number of amides is 1. The molecule has 0 spiro atoms. The van der Waals surface area contributed by atoms with Crippen LogP contribution in [0.15, 0.2) is 54.9 Å². The molecule has 0 radical (unpaired) electrons. The highest BCUT2D eigenvalue weighted by molar-refractivity contribution is 6.03. The standard InChI is InChI=1S/C25H27N5O/c1-16-11-18(3)22(12-17(16)2)23-15-26-25(30(23)5)27-24(31)20-8-6-7-19(13-20)14-21-9-10-29(4)28-21/h6-13,15H,14H2,1-5H3,(H,26,27,31). The maximum absolute atomic E-state index is 12.9. The van der Waals surface area contributed by atoms with E-state index in [4.69, 9.17) is 0 Å². The van der Waals surface area contributed by atoms with Crippen molar-refractivity contribution in [1.82, 2.24) is 19.3 Å². The van der Waals surface area contributed by atoms with Gasteiger partial charge in [-0.05, 0) is 67.3 Å². The van der Waals surface area contributed by atoms with Crippen molar-refractivity contribution in [1.29, 1.82) is 0 Å². The highest BCUT2D eigenvalue weighted by atomic mass is 16.1. The van der Waals surface area contributed by atoms with E-state index in [1.807, 2.05) is 61.4 Å². The molecule has 0 aliphatic rings. The Labute approximate surface area is 182 Å². The van der Waals surface area contributed by atoms with E-state index in [9.17, 15) is 4.79 Å². The summed E-state index contributed by atoms with van der Waals surface area (Å²) >= 11 is 0. The van der Waals surface area contributed by atoms with Crippen molar-refractivity contribution >= 4 is 11.9 Å². The van der Waals surface area contributed by atoms with Gasteiger partial charge in [-0.1, -0.05) is 18.2 Å². The summed E-state index contributed by atoms with van der Waals surface area (Å²) in [5.74, 6) is 0.340. The van der Waals surface area contributed by atoms with E-state index in [1.165, 1.54) is 16.7 Å². The predicted octanol–water partition coefficient (Wildman–Crippen LogP) is 4.59. The molecular formula is C25H27N5O.